The van der Waals surface area contributed by atoms with Crippen LogP contribution < -0.4 is 10.5 Å². The number of methoxy groups -OCH3 is 2. The van der Waals surface area contributed by atoms with Crippen molar-refractivity contribution >= 4 is 11.7 Å². The molecule has 0 saturated heterocycles. The summed E-state index contributed by atoms with van der Waals surface area (Å²) in [5.74, 6) is 0.397. The predicted molar refractivity (Wildman–Crippen MR) is 72.3 cm³/mol. The Kier molecular flexibility index (Phi) is 3.75. The van der Waals surface area contributed by atoms with E-state index in [9.17, 15) is 4.79 Å². The number of carbonyl (C=O) groups is 1. The summed E-state index contributed by atoms with van der Waals surface area (Å²) in [4.78, 5) is 11.6. The molecule has 0 unspecified atom stereocenters. The molecule has 0 aliphatic rings. The first-order valence-corrected chi connectivity index (χ1v) is 5.81. The first kappa shape index (κ1) is 13.0. The number of rotatable bonds is 4. The summed E-state index contributed by atoms with van der Waals surface area (Å²) in [5, 5.41) is 0. The van der Waals surface area contributed by atoms with Crippen LogP contribution in [0.25, 0.3) is 0 Å². The monoisotopic (exact) mass is 260 g/mol. The second kappa shape index (κ2) is 5.48. The maximum Gasteiger partial charge on any atom is 0.354 e. The number of hydrogen-bond donors (Lipinski definition) is 1. The van der Waals surface area contributed by atoms with Crippen molar-refractivity contribution in [1.82, 2.24) is 4.57 Å². The molecule has 5 heteroatoms. The standard InChI is InChI=1S/C14H16N2O3/c1-18-12-5-3-10(4-6-12)8-16-9-11(15)7-13(16)14(17)19-2/h3-7,9H,8,15H2,1-2H3. The second-order valence-corrected chi connectivity index (χ2v) is 4.13. The molecule has 0 radical (unpaired) electrons. The van der Waals surface area contributed by atoms with Gasteiger partial charge in [-0.2, -0.15) is 0 Å². The molecule has 0 aliphatic heterocycles. The summed E-state index contributed by atoms with van der Waals surface area (Å²) in [6.45, 7) is 0.547. The van der Waals surface area contributed by atoms with Crippen molar-refractivity contribution in [2.75, 3.05) is 20.0 Å². The van der Waals surface area contributed by atoms with Gasteiger partial charge in [-0.05, 0) is 23.8 Å². The normalized spacial score (nSPS) is 10.2. The van der Waals surface area contributed by atoms with Crippen molar-refractivity contribution in [3.05, 3.63) is 47.8 Å². The number of esters is 1. The van der Waals surface area contributed by atoms with E-state index in [2.05, 4.69) is 0 Å². The van der Waals surface area contributed by atoms with Crippen molar-refractivity contribution < 1.29 is 14.3 Å². The number of benzene rings is 1. The van der Waals surface area contributed by atoms with Crippen LogP contribution in [0, 0.1) is 0 Å². The van der Waals surface area contributed by atoms with Crippen LogP contribution in [0.5, 0.6) is 5.75 Å². The van der Waals surface area contributed by atoms with Gasteiger partial charge in [0, 0.05) is 12.7 Å². The zero-order chi connectivity index (χ0) is 13.8. The molecular weight excluding hydrogens is 244 g/mol. The van der Waals surface area contributed by atoms with Gasteiger partial charge in [0.25, 0.3) is 0 Å². The van der Waals surface area contributed by atoms with E-state index in [4.69, 9.17) is 15.2 Å². The highest BCUT2D eigenvalue weighted by atomic mass is 16.5. The van der Waals surface area contributed by atoms with Crippen molar-refractivity contribution in [2.45, 2.75) is 6.54 Å². The Morgan fingerprint density at radius 3 is 2.53 bits per heavy atom. The molecule has 1 heterocycles. The van der Waals surface area contributed by atoms with Gasteiger partial charge in [0.1, 0.15) is 11.4 Å². The van der Waals surface area contributed by atoms with Crippen LogP contribution in [0.4, 0.5) is 5.69 Å². The predicted octanol–water partition coefficient (Wildman–Crippen LogP) is 1.91. The minimum Gasteiger partial charge on any atom is -0.497 e. The number of ether oxygens (including phenoxy) is 2. The van der Waals surface area contributed by atoms with E-state index < -0.39 is 5.97 Å². The summed E-state index contributed by atoms with van der Waals surface area (Å²) < 4.78 is 11.6. The molecule has 0 atom stereocenters. The Morgan fingerprint density at radius 1 is 1.26 bits per heavy atom. The molecule has 19 heavy (non-hydrogen) atoms. The molecule has 0 amide bonds. The molecule has 100 valence electrons. The third-order valence-electron chi connectivity index (χ3n) is 2.82. The van der Waals surface area contributed by atoms with Gasteiger partial charge in [0.15, 0.2) is 0 Å². The van der Waals surface area contributed by atoms with Gasteiger partial charge in [-0.25, -0.2) is 4.79 Å². The average molecular weight is 260 g/mol. The average Bonchev–Trinajstić information content (AvgIpc) is 2.79. The van der Waals surface area contributed by atoms with Gasteiger partial charge < -0.3 is 19.8 Å². The van der Waals surface area contributed by atoms with E-state index in [1.54, 1.807) is 23.9 Å². The van der Waals surface area contributed by atoms with Crippen molar-refractivity contribution in [3.8, 4) is 5.75 Å². The third kappa shape index (κ3) is 2.88. The molecule has 1 aromatic heterocycles. The molecular formula is C14H16N2O3. The number of nitrogen functional groups attached to an aromatic ring is 1. The molecule has 0 aliphatic carbocycles. The molecule has 0 bridgehead atoms. The number of nitrogens with two attached hydrogens (primary N) is 1. The molecule has 2 aromatic rings. The quantitative estimate of drug-likeness (QED) is 0.853. The van der Waals surface area contributed by atoms with E-state index in [1.165, 1.54) is 7.11 Å². The fourth-order valence-corrected chi connectivity index (χ4v) is 1.87. The zero-order valence-electron chi connectivity index (χ0n) is 10.9. The van der Waals surface area contributed by atoms with Crippen LogP contribution in [-0.4, -0.2) is 24.8 Å². The lowest BCUT2D eigenvalue weighted by molar-refractivity contribution is 0.0589. The van der Waals surface area contributed by atoms with Crippen molar-refractivity contribution in [3.63, 3.8) is 0 Å². The fourth-order valence-electron chi connectivity index (χ4n) is 1.87. The number of nitrogens with zero attached hydrogens (tertiary/aromatic N) is 1. The Balaban J connectivity index is 2.24. The number of anilines is 1. The molecule has 2 rings (SSSR count). The summed E-state index contributed by atoms with van der Waals surface area (Å²) in [7, 11) is 2.97. The maximum atomic E-state index is 11.6. The zero-order valence-corrected chi connectivity index (χ0v) is 10.9. The Labute approximate surface area is 111 Å². The first-order chi connectivity index (χ1) is 9.13. The fraction of sp³-hybridized carbons (Fsp3) is 0.214. The molecule has 5 nitrogen and oxygen atoms in total. The van der Waals surface area contributed by atoms with Gasteiger partial charge in [-0.1, -0.05) is 12.1 Å². The highest BCUT2D eigenvalue weighted by Gasteiger charge is 2.13. The number of carbonyl (C=O) groups excluding carboxylic acids is 1. The lowest BCUT2D eigenvalue weighted by Crippen LogP contribution is -2.10. The largest absolute Gasteiger partial charge is 0.497 e. The second-order valence-electron chi connectivity index (χ2n) is 4.13. The maximum absolute atomic E-state index is 11.6. The topological polar surface area (TPSA) is 66.5 Å². The molecule has 0 saturated carbocycles. The van der Waals surface area contributed by atoms with Crippen LogP contribution in [0.3, 0.4) is 0 Å². The van der Waals surface area contributed by atoms with E-state index in [-0.39, 0.29) is 0 Å². The Morgan fingerprint density at radius 2 is 1.95 bits per heavy atom. The Hall–Kier alpha value is -2.43. The number of aromatic nitrogens is 1. The summed E-state index contributed by atoms with van der Waals surface area (Å²) >= 11 is 0. The van der Waals surface area contributed by atoms with Crippen LogP contribution in [0.1, 0.15) is 16.1 Å². The minimum absolute atomic E-state index is 0.398. The highest BCUT2D eigenvalue weighted by molar-refractivity contribution is 5.89. The molecule has 1 aromatic carbocycles. The highest BCUT2D eigenvalue weighted by Crippen LogP contribution is 2.16. The van der Waals surface area contributed by atoms with E-state index in [1.807, 2.05) is 24.3 Å². The number of hydrogen-bond acceptors (Lipinski definition) is 4. The smallest absolute Gasteiger partial charge is 0.354 e. The van der Waals surface area contributed by atoms with Gasteiger partial charge in [0.05, 0.1) is 19.9 Å². The van der Waals surface area contributed by atoms with Crippen molar-refractivity contribution in [2.24, 2.45) is 0 Å². The lowest BCUT2D eigenvalue weighted by Gasteiger charge is -2.08. The minimum atomic E-state index is -0.398. The van der Waals surface area contributed by atoms with Gasteiger partial charge in [-0.3, -0.25) is 0 Å². The molecule has 2 N–H and O–H groups in total. The Bertz CT molecular complexity index is 573. The van der Waals surface area contributed by atoms with Gasteiger partial charge in [0.2, 0.25) is 0 Å². The van der Waals surface area contributed by atoms with Crippen LogP contribution in [-0.2, 0) is 11.3 Å². The molecule has 0 spiro atoms. The van der Waals surface area contributed by atoms with E-state index in [0.717, 1.165) is 11.3 Å². The summed E-state index contributed by atoms with van der Waals surface area (Å²) in [6, 6.07) is 9.24. The van der Waals surface area contributed by atoms with Crippen LogP contribution >= 0.6 is 0 Å². The van der Waals surface area contributed by atoms with Gasteiger partial charge >= 0.3 is 5.97 Å². The SMILES string of the molecule is COC(=O)c1cc(N)cn1Cc1ccc(OC)cc1. The van der Waals surface area contributed by atoms with E-state index >= 15 is 0 Å². The van der Waals surface area contributed by atoms with Crippen LogP contribution in [0.15, 0.2) is 36.5 Å². The molecule has 0 fully saturated rings. The van der Waals surface area contributed by atoms with Crippen molar-refractivity contribution in [1.29, 1.82) is 0 Å². The summed E-state index contributed by atoms with van der Waals surface area (Å²) in [6.07, 6.45) is 1.72. The van der Waals surface area contributed by atoms with E-state index in [0.29, 0.717) is 17.9 Å². The first-order valence-electron chi connectivity index (χ1n) is 5.81. The third-order valence-corrected chi connectivity index (χ3v) is 2.82. The summed E-state index contributed by atoms with van der Waals surface area (Å²) in [5.41, 5.74) is 7.74. The van der Waals surface area contributed by atoms with Gasteiger partial charge in [-0.15, -0.1) is 0 Å². The van der Waals surface area contributed by atoms with Crippen LogP contribution in [0.2, 0.25) is 0 Å². The lowest BCUT2D eigenvalue weighted by atomic mass is 10.2.